The molecule has 0 radical (unpaired) electrons. The maximum Gasteiger partial charge on any atom is 0.0893 e. The van der Waals surface area contributed by atoms with E-state index in [4.69, 9.17) is 4.74 Å². The first-order chi connectivity index (χ1) is 6.39. The van der Waals surface area contributed by atoms with Crippen LogP contribution in [0.25, 0.3) is 0 Å². The molecule has 3 atom stereocenters. The monoisotopic (exact) mass is 178 g/mol. The normalized spacial score (nSPS) is 48.6. The van der Waals surface area contributed by atoms with Gasteiger partial charge in [-0.15, -0.1) is 0 Å². The molecular formula is C12H18O. The minimum atomic E-state index is 0.194. The number of allylic oxidation sites excluding steroid dienone is 1. The molecule has 1 saturated heterocycles. The van der Waals surface area contributed by atoms with E-state index < -0.39 is 0 Å². The smallest absolute Gasteiger partial charge is 0.0893 e. The molecular weight excluding hydrogens is 160 g/mol. The number of rotatable bonds is 0. The summed E-state index contributed by atoms with van der Waals surface area (Å²) in [4.78, 5) is 0. The number of hydrogen-bond acceptors (Lipinski definition) is 1. The van der Waals surface area contributed by atoms with Gasteiger partial charge < -0.3 is 4.74 Å². The van der Waals surface area contributed by atoms with Crippen molar-refractivity contribution in [1.82, 2.24) is 0 Å². The van der Waals surface area contributed by atoms with Crippen molar-refractivity contribution >= 4 is 0 Å². The predicted molar refractivity (Wildman–Crippen MR) is 52.5 cm³/mol. The third kappa shape index (κ3) is 1.17. The number of hydrogen-bond donors (Lipinski definition) is 0. The Bertz CT molecular complexity index is 233. The molecule has 3 unspecified atom stereocenters. The summed E-state index contributed by atoms with van der Waals surface area (Å²) in [6.45, 7) is 1.01. The lowest BCUT2D eigenvalue weighted by Crippen LogP contribution is -2.49. The highest BCUT2D eigenvalue weighted by Crippen LogP contribution is 2.48. The van der Waals surface area contributed by atoms with Gasteiger partial charge in [-0.25, -0.2) is 0 Å². The molecule has 1 heteroatoms. The first-order valence-electron chi connectivity index (χ1n) is 5.71. The van der Waals surface area contributed by atoms with Crippen LogP contribution < -0.4 is 0 Å². The first-order valence-corrected chi connectivity index (χ1v) is 5.71. The zero-order chi connectivity index (χ0) is 8.73. The predicted octanol–water partition coefficient (Wildman–Crippen LogP) is 2.91. The van der Waals surface area contributed by atoms with Gasteiger partial charge in [-0.05, 0) is 50.4 Å². The molecule has 3 rings (SSSR count). The van der Waals surface area contributed by atoms with Gasteiger partial charge in [0.15, 0.2) is 0 Å². The second kappa shape index (κ2) is 2.84. The highest BCUT2D eigenvalue weighted by molar-refractivity contribution is 5.13. The number of fused-ring (bicyclic) bond motifs is 1. The summed E-state index contributed by atoms with van der Waals surface area (Å²) in [5.74, 6) is 1.81. The topological polar surface area (TPSA) is 9.23 Å². The molecule has 0 aromatic heterocycles. The number of ether oxygens (including phenoxy) is 1. The molecule has 13 heavy (non-hydrogen) atoms. The molecule has 0 aromatic carbocycles. The van der Waals surface area contributed by atoms with E-state index >= 15 is 0 Å². The zero-order valence-electron chi connectivity index (χ0n) is 8.17. The molecule has 1 aliphatic heterocycles. The lowest BCUT2D eigenvalue weighted by molar-refractivity contribution is -0.129. The van der Waals surface area contributed by atoms with E-state index in [1.165, 1.54) is 38.5 Å². The molecule has 2 aliphatic carbocycles. The molecule has 2 fully saturated rings. The molecule has 72 valence electrons. The fourth-order valence-corrected chi connectivity index (χ4v) is 3.46. The zero-order valence-corrected chi connectivity index (χ0v) is 8.17. The van der Waals surface area contributed by atoms with Crippen LogP contribution >= 0.6 is 0 Å². The Morgan fingerprint density at radius 1 is 1.15 bits per heavy atom. The third-order valence-electron chi connectivity index (χ3n) is 4.20. The van der Waals surface area contributed by atoms with E-state index in [0.717, 1.165) is 18.4 Å². The van der Waals surface area contributed by atoms with Crippen LogP contribution in [-0.4, -0.2) is 12.2 Å². The summed E-state index contributed by atoms with van der Waals surface area (Å²) >= 11 is 0. The van der Waals surface area contributed by atoms with Gasteiger partial charge in [0.05, 0.1) is 5.60 Å². The van der Waals surface area contributed by atoms with Crippen molar-refractivity contribution in [2.75, 3.05) is 6.61 Å². The summed E-state index contributed by atoms with van der Waals surface area (Å²) in [5, 5.41) is 0. The van der Waals surface area contributed by atoms with Crippen molar-refractivity contribution in [3.05, 3.63) is 12.2 Å². The van der Waals surface area contributed by atoms with Crippen LogP contribution in [0.15, 0.2) is 12.2 Å². The Balaban J connectivity index is 1.92. The van der Waals surface area contributed by atoms with Crippen molar-refractivity contribution in [2.24, 2.45) is 11.8 Å². The van der Waals surface area contributed by atoms with Gasteiger partial charge in [-0.2, -0.15) is 0 Å². The lowest BCUT2D eigenvalue weighted by atomic mass is 9.65. The Morgan fingerprint density at radius 3 is 3.15 bits per heavy atom. The van der Waals surface area contributed by atoms with Gasteiger partial charge in [-0.3, -0.25) is 0 Å². The molecule has 0 N–H and O–H groups in total. The molecule has 2 bridgehead atoms. The molecule has 0 aromatic rings. The second-order valence-corrected chi connectivity index (χ2v) is 4.92. The Hall–Kier alpha value is -0.300. The van der Waals surface area contributed by atoms with Crippen LogP contribution in [0.5, 0.6) is 0 Å². The fourth-order valence-electron chi connectivity index (χ4n) is 3.46. The summed E-state index contributed by atoms with van der Waals surface area (Å²) in [6, 6.07) is 0. The van der Waals surface area contributed by atoms with Gasteiger partial charge in [-0.1, -0.05) is 12.2 Å². The van der Waals surface area contributed by atoms with Crippen molar-refractivity contribution < 1.29 is 4.74 Å². The molecule has 1 heterocycles. The van der Waals surface area contributed by atoms with Gasteiger partial charge in [0, 0.05) is 6.61 Å². The molecule has 1 saturated carbocycles. The summed E-state index contributed by atoms with van der Waals surface area (Å²) in [5.41, 5.74) is 0.194. The van der Waals surface area contributed by atoms with Gasteiger partial charge in [0.25, 0.3) is 0 Å². The van der Waals surface area contributed by atoms with E-state index in [9.17, 15) is 0 Å². The molecule has 1 nitrogen and oxygen atoms in total. The summed E-state index contributed by atoms with van der Waals surface area (Å²) < 4.78 is 6.05. The average molecular weight is 178 g/mol. The summed E-state index contributed by atoms with van der Waals surface area (Å²) in [6.07, 6.45) is 12.9. The molecule has 0 amide bonds. The molecule has 3 aliphatic rings. The Labute approximate surface area is 80.2 Å². The first kappa shape index (κ1) is 8.05. The van der Waals surface area contributed by atoms with E-state index in [2.05, 4.69) is 12.2 Å². The van der Waals surface area contributed by atoms with E-state index in [1.807, 2.05) is 0 Å². The SMILES string of the molecule is C1=CC23CC(CCO2)CCC3CC1. The quantitative estimate of drug-likeness (QED) is 0.518. The van der Waals surface area contributed by atoms with Crippen LogP contribution in [-0.2, 0) is 4.74 Å². The Morgan fingerprint density at radius 2 is 2.15 bits per heavy atom. The van der Waals surface area contributed by atoms with Crippen molar-refractivity contribution in [2.45, 2.75) is 44.1 Å². The van der Waals surface area contributed by atoms with Gasteiger partial charge in [0.2, 0.25) is 0 Å². The highest BCUT2D eigenvalue weighted by atomic mass is 16.5. The second-order valence-electron chi connectivity index (χ2n) is 4.92. The minimum absolute atomic E-state index is 0.194. The summed E-state index contributed by atoms with van der Waals surface area (Å²) in [7, 11) is 0. The molecule has 1 spiro atoms. The fraction of sp³-hybridized carbons (Fsp3) is 0.833. The van der Waals surface area contributed by atoms with Crippen LogP contribution in [0, 0.1) is 11.8 Å². The lowest BCUT2D eigenvalue weighted by Gasteiger charge is -2.50. The van der Waals surface area contributed by atoms with Crippen molar-refractivity contribution in [3.63, 3.8) is 0 Å². The largest absolute Gasteiger partial charge is 0.371 e. The van der Waals surface area contributed by atoms with E-state index in [-0.39, 0.29) is 5.60 Å². The maximum atomic E-state index is 6.05. The third-order valence-corrected chi connectivity index (χ3v) is 4.20. The maximum absolute atomic E-state index is 6.05. The van der Waals surface area contributed by atoms with E-state index in [0.29, 0.717) is 0 Å². The van der Waals surface area contributed by atoms with Crippen LogP contribution in [0.4, 0.5) is 0 Å². The van der Waals surface area contributed by atoms with Crippen molar-refractivity contribution in [3.8, 4) is 0 Å². The van der Waals surface area contributed by atoms with Crippen LogP contribution in [0.3, 0.4) is 0 Å². The van der Waals surface area contributed by atoms with E-state index in [1.54, 1.807) is 0 Å². The van der Waals surface area contributed by atoms with Crippen molar-refractivity contribution in [1.29, 1.82) is 0 Å². The van der Waals surface area contributed by atoms with Crippen LogP contribution in [0.1, 0.15) is 38.5 Å². The van der Waals surface area contributed by atoms with Crippen LogP contribution in [0.2, 0.25) is 0 Å². The standard InChI is InChI=1S/C12H18O/c1-2-7-12-9-10(6-8-13-12)4-5-11(12)3-1/h2,7,10-11H,1,3-6,8-9H2. The highest BCUT2D eigenvalue weighted by Gasteiger charge is 2.46. The Kier molecular flexibility index (Phi) is 1.76. The average Bonchev–Trinajstić information content (AvgIpc) is 2.17. The minimum Gasteiger partial charge on any atom is -0.371 e. The van der Waals surface area contributed by atoms with Gasteiger partial charge >= 0.3 is 0 Å². The van der Waals surface area contributed by atoms with Gasteiger partial charge in [0.1, 0.15) is 0 Å².